The quantitative estimate of drug-likeness (QED) is 0.862. The number of piperidine rings is 1. The second-order valence-electron chi connectivity index (χ2n) is 6.41. The van der Waals surface area contributed by atoms with E-state index in [1.807, 2.05) is 30.3 Å². The zero-order chi connectivity index (χ0) is 14.8. The Morgan fingerprint density at radius 3 is 2.52 bits per heavy atom. The molecule has 3 rings (SSSR count). The van der Waals surface area contributed by atoms with Crippen LogP contribution < -0.4 is 5.73 Å². The first kappa shape index (κ1) is 14.5. The lowest BCUT2D eigenvalue weighted by molar-refractivity contribution is -0.147. The van der Waals surface area contributed by atoms with Crippen molar-refractivity contribution < 1.29 is 9.53 Å². The maximum Gasteiger partial charge on any atom is 0.327 e. The van der Waals surface area contributed by atoms with Crippen LogP contribution in [0.15, 0.2) is 30.3 Å². The van der Waals surface area contributed by atoms with E-state index in [2.05, 4.69) is 11.9 Å². The molecule has 2 saturated heterocycles. The number of ether oxygens (including phenoxy) is 1. The van der Waals surface area contributed by atoms with E-state index in [-0.39, 0.29) is 5.97 Å². The van der Waals surface area contributed by atoms with E-state index in [1.54, 1.807) is 0 Å². The Kier molecular flexibility index (Phi) is 4.27. The van der Waals surface area contributed by atoms with Gasteiger partial charge in [-0.3, -0.25) is 0 Å². The molecule has 2 fully saturated rings. The van der Waals surface area contributed by atoms with E-state index in [9.17, 15) is 4.79 Å². The number of carbonyl (C=O) groups excluding carboxylic acids is 1. The molecule has 0 spiro atoms. The second kappa shape index (κ2) is 6.16. The topological polar surface area (TPSA) is 55.6 Å². The highest BCUT2D eigenvalue weighted by Gasteiger charge is 2.38. The molecule has 1 aromatic rings. The van der Waals surface area contributed by atoms with Crippen molar-refractivity contribution in [1.29, 1.82) is 0 Å². The highest BCUT2D eigenvalue weighted by molar-refractivity contribution is 5.77. The summed E-state index contributed by atoms with van der Waals surface area (Å²) < 4.78 is 5.47. The van der Waals surface area contributed by atoms with Gasteiger partial charge in [0.2, 0.25) is 0 Å². The van der Waals surface area contributed by atoms with Crippen molar-refractivity contribution in [3.8, 4) is 0 Å². The van der Waals surface area contributed by atoms with Crippen LogP contribution in [0.25, 0.3) is 0 Å². The molecule has 2 aliphatic rings. The summed E-state index contributed by atoms with van der Waals surface area (Å²) in [5.41, 5.74) is 6.77. The smallest absolute Gasteiger partial charge is 0.327 e. The standard InChI is InChI=1S/C17H24N2O2/c1-19-14-7-8-15(19)10-12(9-14)11-21-17(20)16(18)13-5-3-2-4-6-13/h2-6,12,14-16H,7-11,18H2,1H3/t12-,14-,15?,16?/m1/s1. The number of esters is 1. The van der Waals surface area contributed by atoms with Gasteiger partial charge in [0.1, 0.15) is 6.04 Å². The zero-order valence-corrected chi connectivity index (χ0v) is 12.6. The molecule has 2 N–H and O–H groups in total. The molecule has 4 nitrogen and oxygen atoms in total. The molecule has 1 aromatic carbocycles. The van der Waals surface area contributed by atoms with Crippen LogP contribution in [0.4, 0.5) is 0 Å². The lowest BCUT2D eigenvalue weighted by atomic mass is 9.92. The third-order valence-corrected chi connectivity index (χ3v) is 5.07. The number of fused-ring (bicyclic) bond motifs is 2. The van der Waals surface area contributed by atoms with Gasteiger partial charge in [-0.1, -0.05) is 30.3 Å². The number of carbonyl (C=O) groups is 1. The molecule has 114 valence electrons. The first-order valence-electron chi connectivity index (χ1n) is 7.84. The van der Waals surface area contributed by atoms with Crippen LogP contribution in [0, 0.1) is 5.92 Å². The minimum absolute atomic E-state index is 0.313. The van der Waals surface area contributed by atoms with E-state index in [0.717, 1.165) is 18.4 Å². The average molecular weight is 288 g/mol. The van der Waals surface area contributed by atoms with Gasteiger partial charge in [-0.25, -0.2) is 4.79 Å². The molecule has 4 heteroatoms. The van der Waals surface area contributed by atoms with Crippen LogP contribution in [-0.2, 0) is 9.53 Å². The maximum absolute atomic E-state index is 12.1. The van der Waals surface area contributed by atoms with Crippen LogP contribution in [-0.4, -0.2) is 36.6 Å². The minimum Gasteiger partial charge on any atom is -0.464 e. The molecular formula is C17H24N2O2. The summed E-state index contributed by atoms with van der Waals surface area (Å²) in [4.78, 5) is 14.6. The fraction of sp³-hybridized carbons (Fsp3) is 0.588. The van der Waals surface area contributed by atoms with Crippen molar-refractivity contribution in [1.82, 2.24) is 4.90 Å². The van der Waals surface area contributed by atoms with E-state index in [4.69, 9.17) is 10.5 Å². The normalized spacial score (nSPS) is 30.1. The van der Waals surface area contributed by atoms with Gasteiger partial charge in [-0.2, -0.15) is 0 Å². The van der Waals surface area contributed by atoms with E-state index in [0.29, 0.717) is 24.6 Å². The minimum atomic E-state index is -0.672. The van der Waals surface area contributed by atoms with Gasteiger partial charge < -0.3 is 15.4 Å². The predicted molar refractivity (Wildman–Crippen MR) is 81.6 cm³/mol. The summed E-state index contributed by atoms with van der Waals surface area (Å²) in [6.07, 6.45) is 4.85. The fourth-order valence-electron chi connectivity index (χ4n) is 3.75. The molecule has 0 saturated carbocycles. The number of hydrogen-bond acceptors (Lipinski definition) is 4. The van der Waals surface area contributed by atoms with Crippen molar-refractivity contribution in [3.63, 3.8) is 0 Å². The van der Waals surface area contributed by atoms with Crippen molar-refractivity contribution in [2.45, 2.75) is 43.8 Å². The SMILES string of the molecule is CN1C2CC[C@@H]1C[C@@H](COC(=O)C(N)c1ccccc1)C2. The first-order valence-corrected chi connectivity index (χ1v) is 7.84. The highest BCUT2D eigenvalue weighted by Crippen LogP contribution is 2.37. The van der Waals surface area contributed by atoms with Crippen LogP contribution in [0.1, 0.15) is 37.3 Å². The summed E-state index contributed by atoms with van der Waals surface area (Å²) in [7, 11) is 2.22. The Morgan fingerprint density at radius 1 is 1.29 bits per heavy atom. The van der Waals surface area contributed by atoms with Gasteiger partial charge in [0.25, 0.3) is 0 Å². The Labute approximate surface area is 126 Å². The molecule has 0 amide bonds. The van der Waals surface area contributed by atoms with Gasteiger partial charge in [-0.05, 0) is 44.2 Å². The van der Waals surface area contributed by atoms with Crippen LogP contribution in [0.2, 0.25) is 0 Å². The Bertz CT molecular complexity index is 477. The molecule has 2 aliphatic heterocycles. The molecule has 0 aliphatic carbocycles. The zero-order valence-electron chi connectivity index (χ0n) is 12.6. The molecule has 4 atom stereocenters. The monoisotopic (exact) mass is 288 g/mol. The first-order chi connectivity index (χ1) is 10.1. The van der Waals surface area contributed by atoms with Gasteiger partial charge in [0, 0.05) is 12.1 Å². The number of nitrogens with zero attached hydrogens (tertiary/aromatic N) is 1. The lowest BCUT2D eigenvalue weighted by Gasteiger charge is -2.36. The summed E-state index contributed by atoms with van der Waals surface area (Å²) in [5.74, 6) is 0.179. The van der Waals surface area contributed by atoms with E-state index in [1.165, 1.54) is 12.8 Å². The van der Waals surface area contributed by atoms with Crippen LogP contribution >= 0.6 is 0 Å². The molecule has 2 unspecified atom stereocenters. The van der Waals surface area contributed by atoms with Gasteiger partial charge in [-0.15, -0.1) is 0 Å². The molecular weight excluding hydrogens is 264 g/mol. The van der Waals surface area contributed by atoms with Crippen molar-refractivity contribution >= 4 is 5.97 Å². The Hall–Kier alpha value is -1.39. The Morgan fingerprint density at radius 2 is 1.90 bits per heavy atom. The predicted octanol–water partition coefficient (Wildman–Crippen LogP) is 2.10. The van der Waals surface area contributed by atoms with Crippen LogP contribution in [0.5, 0.6) is 0 Å². The van der Waals surface area contributed by atoms with Gasteiger partial charge >= 0.3 is 5.97 Å². The van der Waals surface area contributed by atoms with E-state index < -0.39 is 6.04 Å². The van der Waals surface area contributed by atoms with Crippen LogP contribution in [0.3, 0.4) is 0 Å². The van der Waals surface area contributed by atoms with Crippen molar-refractivity contribution in [3.05, 3.63) is 35.9 Å². The molecule has 0 aromatic heterocycles. The summed E-state index contributed by atoms with van der Waals surface area (Å²) >= 11 is 0. The summed E-state index contributed by atoms with van der Waals surface area (Å²) in [6, 6.07) is 10.1. The number of nitrogens with two attached hydrogens (primary N) is 1. The average Bonchev–Trinajstić information content (AvgIpc) is 2.75. The largest absolute Gasteiger partial charge is 0.464 e. The third-order valence-electron chi connectivity index (χ3n) is 5.07. The maximum atomic E-state index is 12.1. The molecule has 2 bridgehead atoms. The van der Waals surface area contributed by atoms with Gasteiger partial charge in [0.05, 0.1) is 6.61 Å². The molecule has 2 heterocycles. The second-order valence-corrected chi connectivity index (χ2v) is 6.41. The Balaban J connectivity index is 1.50. The van der Waals surface area contributed by atoms with Crippen molar-refractivity contribution in [2.75, 3.05) is 13.7 Å². The number of benzene rings is 1. The summed E-state index contributed by atoms with van der Waals surface area (Å²) in [5, 5.41) is 0. The molecule has 21 heavy (non-hydrogen) atoms. The van der Waals surface area contributed by atoms with E-state index >= 15 is 0 Å². The third kappa shape index (κ3) is 3.11. The highest BCUT2D eigenvalue weighted by atomic mass is 16.5. The fourth-order valence-corrected chi connectivity index (χ4v) is 3.75. The lowest BCUT2D eigenvalue weighted by Crippen LogP contribution is -2.41. The number of rotatable bonds is 4. The number of hydrogen-bond donors (Lipinski definition) is 1. The van der Waals surface area contributed by atoms with Crippen molar-refractivity contribution in [2.24, 2.45) is 11.7 Å². The molecule has 0 radical (unpaired) electrons. The van der Waals surface area contributed by atoms with Gasteiger partial charge in [0.15, 0.2) is 0 Å². The summed E-state index contributed by atoms with van der Waals surface area (Å²) in [6.45, 7) is 0.514.